The Morgan fingerprint density at radius 3 is 2.28 bits per heavy atom. The number of hydrogen-bond acceptors (Lipinski definition) is 4. The Bertz CT molecular complexity index is 1120. The number of nitrogens with one attached hydrogen (secondary N) is 1. The number of hydrogen-bond donors (Lipinski definition) is 1. The number of halogens is 2. The van der Waals surface area contributed by atoms with Gasteiger partial charge in [-0.25, -0.2) is 17.2 Å². The minimum Gasteiger partial charge on any atom is -0.341 e. The fraction of sp³-hybridized carbons (Fsp3) is 0.273. The average Bonchev–Trinajstić information content (AvgIpc) is 2.79. The van der Waals surface area contributed by atoms with Crippen molar-refractivity contribution < 1.29 is 26.8 Å². The molecule has 2 aromatic rings. The second-order valence-corrected chi connectivity index (χ2v) is 9.22. The predicted molar refractivity (Wildman–Crippen MR) is 115 cm³/mol. The molecular weight excluding hydrogens is 440 g/mol. The molecule has 1 unspecified atom stereocenters. The zero-order chi connectivity index (χ0) is 23.3. The average molecular weight is 464 g/mol. The van der Waals surface area contributed by atoms with Gasteiger partial charge in [-0.2, -0.15) is 4.31 Å². The topological polar surface area (TPSA) is 86.8 Å². The molecular formula is C22H23F2N3O4S. The van der Waals surface area contributed by atoms with Gasteiger partial charge in [0, 0.05) is 32.3 Å². The molecule has 7 nitrogen and oxygen atoms in total. The van der Waals surface area contributed by atoms with Crippen LogP contribution in [0.25, 0.3) is 6.08 Å². The number of carbonyl (C=O) groups excluding carboxylic acids is 2. The summed E-state index contributed by atoms with van der Waals surface area (Å²) >= 11 is 0. The van der Waals surface area contributed by atoms with Crippen molar-refractivity contribution in [3.8, 4) is 0 Å². The number of piperazine rings is 1. The molecule has 1 heterocycles. The Balaban J connectivity index is 1.54. The minimum atomic E-state index is -4.01. The van der Waals surface area contributed by atoms with E-state index in [2.05, 4.69) is 5.32 Å². The Labute approximate surface area is 185 Å². The maximum atomic E-state index is 13.4. The molecule has 0 aliphatic carbocycles. The van der Waals surface area contributed by atoms with Crippen LogP contribution in [-0.4, -0.2) is 61.7 Å². The monoisotopic (exact) mass is 463 g/mol. The van der Waals surface area contributed by atoms with Gasteiger partial charge in [-0.3, -0.25) is 9.59 Å². The number of amides is 2. The summed E-state index contributed by atoms with van der Waals surface area (Å²) in [6, 6.07) is 10.8. The van der Waals surface area contributed by atoms with Gasteiger partial charge in [0.05, 0.1) is 4.90 Å². The molecule has 0 aromatic heterocycles. The summed E-state index contributed by atoms with van der Waals surface area (Å²) in [4.78, 5) is 25.9. The molecule has 0 spiro atoms. The van der Waals surface area contributed by atoms with Crippen LogP contribution in [0.4, 0.5) is 8.78 Å². The fourth-order valence-corrected chi connectivity index (χ4v) is 4.70. The first-order valence-corrected chi connectivity index (χ1v) is 11.4. The smallest absolute Gasteiger partial charge is 0.244 e. The van der Waals surface area contributed by atoms with E-state index in [9.17, 15) is 26.8 Å². The van der Waals surface area contributed by atoms with Crippen molar-refractivity contribution in [3.63, 3.8) is 0 Å². The van der Waals surface area contributed by atoms with Crippen LogP contribution in [0.1, 0.15) is 12.5 Å². The third-order valence-corrected chi connectivity index (χ3v) is 6.93. The lowest BCUT2D eigenvalue weighted by molar-refractivity contribution is -0.136. The maximum absolute atomic E-state index is 13.4. The molecule has 1 aliphatic heterocycles. The highest BCUT2D eigenvalue weighted by molar-refractivity contribution is 7.89. The molecule has 0 bridgehead atoms. The third-order valence-electron chi connectivity index (χ3n) is 5.04. The SMILES string of the molecule is CC(NC(=O)/C=C/c1ccccc1)C(=O)N1CCN(S(=O)(=O)c2ccc(F)c(F)c2)CC1. The molecule has 2 aromatic carbocycles. The van der Waals surface area contributed by atoms with E-state index >= 15 is 0 Å². The fourth-order valence-electron chi connectivity index (χ4n) is 3.27. The van der Waals surface area contributed by atoms with Crippen LogP contribution < -0.4 is 5.32 Å². The van der Waals surface area contributed by atoms with Crippen LogP contribution in [0.2, 0.25) is 0 Å². The molecule has 1 aliphatic rings. The van der Waals surface area contributed by atoms with Crippen LogP contribution in [-0.2, 0) is 19.6 Å². The first-order valence-electron chi connectivity index (χ1n) is 9.96. The van der Waals surface area contributed by atoms with Gasteiger partial charge in [-0.05, 0) is 36.8 Å². The van der Waals surface area contributed by atoms with Crippen molar-refractivity contribution in [2.45, 2.75) is 17.9 Å². The summed E-state index contributed by atoms with van der Waals surface area (Å²) in [5, 5.41) is 2.60. The van der Waals surface area contributed by atoms with E-state index in [1.165, 1.54) is 11.0 Å². The zero-order valence-electron chi connectivity index (χ0n) is 17.4. The van der Waals surface area contributed by atoms with Gasteiger partial charge < -0.3 is 10.2 Å². The van der Waals surface area contributed by atoms with Crippen molar-refractivity contribution in [2.75, 3.05) is 26.2 Å². The molecule has 3 rings (SSSR count). The van der Waals surface area contributed by atoms with Crippen LogP contribution in [0.5, 0.6) is 0 Å². The van der Waals surface area contributed by atoms with Gasteiger partial charge in [0.2, 0.25) is 21.8 Å². The van der Waals surface area contributed by atoms with E-state index in [1.807, 2.05) is 30.3 Å². The van der Waals surface area contributed by atoms with Crippen LogP contribution in [0.3, 0.4) is 0 Å². The van der Waals surface area contributed by atoms with Gasteiger partial charge in [-0.15, -0.1) is 0 Å². The van der Waals surface area contributed by atoms with Gasteiger partial charge in [0.1, 0.15) is 6.04 Å². The molecule has 170 valence electrons. The number of benzene rings is 2. The summed E-state index contributed by atoms with van der Waals surface area (Å²) in [6.45, 7) is 1.79. The van der Waals surface area contributed by atoms with Crippen molar-refractivity contribution in [2.24, 2.45) is 0 Å². The van der Waals surface area contributed by atoms with Crippen molar-refractivity contribution in [1.82, 2.24) is 14.5 Å². The quantitative estimate of drug-likeness (QED) is 0.664. The lowest BCUT2D eigenvalue weighted by atomic mass is 10.2. The van der Waals surface area contributed by atoms with E-state index in [1.54, 1.807) is 13.0 Å². The second-order valence-electron chi connectivity index (χ2n) is 7.28. The molecule has 2 amide bonds. The molecule has 10 heteroatoms. The predicted octanol–water partition coefficient (Wildman–Crippen LogP) is 2.02. The zero-order valence-corrected chi connectivity index (χ0v) is 18.2. The summed E-state index contributed by atoms with van der Waals surface area (Å²) in [6.07, 6.45) is 2.97. The molecule has 1 N–H and O–H groups in total. The largest absolute Gasteiger partial charge is 0.341 e. The number of nitrogens with zero attached hydrogens (tertiary/aromatic N) is 2. The molecule has 1 saturated heterocycles. The third kappa shape index (κ3) is 5.57. The molecule has 1 fully saturated rings. The van der Waals surface area contributed by atoms with Crippen molar-refractivity contribution in [3.05, 3.63) is 71.8 Å². The van der Waals surface area contributed by atoms with E-state index < -0.39 is 33.6 Å². The Hall–Kier alpha value is -3.11. The first kappa shape index (κ1) is 23.6. The Morgan fingerprint density at radius 2 is 1.66 bits per heavy atom. The van der Waals surface area contributed by atoms with E-state index in [-0.39, 0.29) is 37.0 Å². The molecule has 0 radical (unpaired) electrons. The van der Waals surface area contributed by atoms with E-state index in [0.717, 1.165) is 22.0 Å². The number of sulfonamides is 1. The first-order chi connectivity index (χ1) is 15.2. The lowest BCUT2D eigenvalue weighted by Gasteiger charge is -2.35. The molecule has 0 saturated carbocycles. The molecule has 32 heavy (non-hydrogen) atoms. The van der Waals surface area contributed by atoms with Crippen LogP contribution in [0, 0.1) is 11.6 Å². The Morgan fingerprint density at radius 1 is 1.00 bits per heavy atom. The highest BCUT2D eigenvalue weighted by atomic mass is 32.2. The van der Waals surface area contributed by atoms with E-state index in [4.69, 9.17) is 0 Å². The Kier molecular flexibility index (Phi) is 7.37. The van der Waals surface area contributed by atoms with Crippen molar-refractivity contribution in [1.29, 1.82) is 0 Å². The van der Waals surface area contributed by atoms with E-state index in [0.29, 0.717) is 6.07 Å². The highest BCUT2D eigenvalue weighted by Gasteiger charge is 2.32. The normalized spacial score (nSPS) is 16.2. The summed E-state index contributed by atoms with van der Waals surface area (Å²) in [5.74, 6) is -3.13. The van der Waals surface area contributed by atoms with Crippen molar-refractivity contribution >= 4 is 27.9 Å². The van der Waals surface area contributed by atoms with Crippen LogP contribution >= 0.6 is 0 Å². The van der Waals surface area contributed by atoms with Gasteiger partial charge in [0.15, 0.2) is 11.6 Å². The lowest BCUT2D eigenvalue weighted by Crippen LogP contribution is -2.55. The summed E-state index contributed by atoms with van der Waals surface area (Å²) in [7, 11) is -4.01. The van der Waals surface area contributed by atoms with Gasteiger partial charge in [-0.1, -0.05) is 30.3 Å². The van der Waals surface area contributed by atoms with Gasteiger partial charge >= 0.3 is 0 Å². The number of rotatable bonds is 6. The molecule has 1 atom stereocenters. The minimum absolute atomic E-state index is 0.00163. The highest BCUT2D eigenvalue weighted by Crippen LogP contribution is 2.20. The van der Waals surface area contributed by atoms with Crippen LogP contribution in [0.15, 0.2) is 59.5 Å². The number of carbonyl (C=O) groups is 2. The second kappa shape index (κ2) is 10.0. The van der Waals surface area contributed by atoms with Gasteiger partial charge in [0.25, 0.3) is 0 Å². The summed E-state index contributed by atoms with van der Waals surface area (Å²) < 4.78 is 53.0. The maximum Gasteiger partial charge on any atom is 0.244 e. The standard InChI is InChI=1S/C22H23F2N3O4S/c1-16(25-21(28)10-7-17-5-3-2-4-6-17)22(29)26-11-13-27(14-12-26)32(30,31)18-8-9-19(23)20(24)15-18/h2-10,15-16H,11-14H2,1H3,(H,25,28)/b10-7+. The summed E-state index contributed by atoms with van der Waals surface area (Å²) in [5.41, 5.74) is 0.847.